The topological polar surface area (TPSA) is 49.4 Å². The Bertz CT molecular complexity index is 798. The molecule has 2 amide bonds. The number of anilines is 1. The lowest BCUT2D eigenvalue weighted by Crippen LogP contribution is -2.36. The van der Waals surface area contributed by atoms with E-state index >= 15 is 0 Å². The van der Waals surface area contributed by atoms with Crippen molar-refractivity contribution in [1.82, 2.24) is 4.90 Å². The molecule has 1 saturated heterocycles. The molecule has 5 heteroatoms. The maximum atomic E-state index is 12.8. The molecule has 4 nitrogen and oxygen atoms in total. The van der Waals surface area contributed by atoms with Crippen molar-refractivity contribution in [2.45, 2.75) is 26.2 Å². The number of amides is 2. The fourth-order valence-corrected chi connectivity index (χ4v) is 3.49. The van der Waals surface area contributed by atoms with Crippen LogP contribution >= 0.6 is 22.6 Å². The van der Waals surface area contributed by atoms with Crippen molar-refractivity contribution < 1.29 is 9.59 Å². The molecule has 1 aliphatic heterocycles. The highest BCUT2D eigenvalue weighted by molar-refractivity contribution is 14.1. The van der Waals surface area contributed by atoms with E-state index < -0.39 is 0 Å². The van der Waals surface area contributed by atoms with Gasteiger partial charge in [0.05, 0.1) is 11.3 Å². The van der Waals surface area contributed by atoms with Gasteiger partial charge in [0.25, 0.3) is 11.8 Å². The molecule has 1 fully saturated rings. The van der Waals surface area contributed by atoms with E-state index in [-0.39, 0.29) is 11.8 Å². The second-order valence-corrected chi connectivity index (χ2v) is 7.48. The van der Waals surface area contributed by atoms with E-state index in [2.05, 4.69) is 27.9 Å². The molecular weight excluding hydrogens is 427 g/mol. The van der Waals surface area contributed by atoms with E-state index in [0.29, 0.717) is 16.8 Å². The molecule has 1 aliphatic rings. The summed E-state index contributed by atoms with van der Waals surface area (Å²) in [6, 6.07) is 12.8. The molecule has 1 heterocycles. The zero-order chi connectivity index (χ0) is 17.8. The third kappa shape index (κ3) is 4.21. The number of piperidine rings is 1. The lowest BCUT2D eigenvalue weighted by molar-refractivity contribution is 0.0725. The number of para-hydroxylation sites is 1. The van der Waals surface area contributed by atoms with Crippen LogP contribution in [0.5, 0.6) is 0 Å². The molecule has 0 aromatic heterocycles. The minimum absolute atomic E-state index is 0.00548. The number of aryl methyl sites for hydroxylation is 1. The molecule has 2 aromatic rings. The summed E-state index contributed by atoms with van der Waals surface area (Å²) in [6.45, 7) is 3.59. The minimum atomic E-state index is -0.197. The average Bonchev–Trinajstić information content (AvgIpc) is 2.64. The summed E-state index contributed by atoms with van der Waals surface area (Å²) < 4.78 is 1.04. The Morgan fingerprint density at radius 2 is 1.76 bits per heavy atom. The molecule has 0 unspecified atom stereocenters. The predicted molar refractivity (Wildman–Crippen MR) is 108 cm³/mol. The van der Waals surface area contributed by atoms with Gasteiger partial charge in [0.2, 0.25) is 0 Å². The first-order valence-corrected chi connectivity index (χ1v) is 9.60. The number of hydrogen-bond donors (Lipinski definition) is 1. The maximum Gasteiger partial charge on any atom is 0.255 e. The van der Waals surface area contributed by atoms with Crippen molar-refractivity contribution in [3.8, 4) is 0 Å². The van der Waals surface area contributed by atoms with Crippen molar-refractivity contribution in [2.75, 3.05) is 18.4 Å². The minimum Gasteiger partial charge on any atom is -0.339 e. The van der Waals surface area contributed by atoms with Crippen LogP contribution in [0, 0.1) is 10.5 Å². The summed E-state index contributed by atoms with van der Waals surface area (Å²) in [7, 11) is 0. The van der Waals surface area contributed by atoms with Gasteiger partial charge in [-0.3, -0.25) is 9.59 Å². The fraction of sp³-hybridized carbons (Fsp3) is 0.300. The second kappa shape index (κ2) is 7.99. The summed E-state index contributed by atoms with van der Waals surface area (Å²) in [6.07, 6.45) is 3.26. The van der Waals surface area contributed by atoms with E-state index in [4.69, 9.17) is 0 Å². The van der Waals surface area contributed by atoms with Gasteiger partial charge in [0, 0.05) is 22.2 Å². The Hall–Kier alpha value is -1.89. The van der Waals surface area contributed by atoms with E-state index in [0.717, 1.165) is 35.1 Å². The van der Waals surface area contributed by atoms with Gasteiger partial charge in [0.1, 0.15) is 0 Å². The first kappa shape index (κ1) is 17.9. The summed E-state index contributed by atoms with van der Waals surface area (Å²) in [4.78, 5) is 27.3. The van der Waals surface area contributed by atoms with E-state index in [1.54, 1.807) is 12.1 Å². The lowest BCUT2D eigenvalue weighted by Gasteiger charge is -2.27. The number of nitrogens with zero attached hydrogens (tertiary/aromatic N) is 1. The molecule has 1 N–H and O–H groups in total. The van der Waals surface area contributed by atoms with Gasteiger partial charge in [-0.2, -0.15) is 0 Å². The molecule has 0 atom stereocenters. The van der Waals surface area contributed by atoms with Crippen LogP contribution in [0.2, 0.25) is 0 Å². The smallest absolute Gasteiger partial charge is 0.255 e. The van der Waals surface area contributed by atoms with Crippen LogP contribution in [0.25, 0.3) is 0 Å². The third-order valence-corrected chi connectivity index (χ3v) is 5.65. The quantitative estimate of drug-likeness (QED) is 0.705. The van der Waals surface area contributed by atoms with Gasteiger partial charge in [-0.25, -0.2) is 0 Å². The van der Waals surface area contributed by atoms with Gasteiger partial charge >= 0.3 is 0 Å². The molecule has 0 aliphatic carbocycles. The predicted octanol–water partition coefficient (Wildman–Crippen LogP) is 4.48. The fourth-order valence-electron chi connectivity index (χ4n) is 2.97. The highest BCUT2D eigenvalue weighted by Crippen LogP contribution is 2.21. The number of carbonyl (C=O) groups is 2. The third-order valence-electron chi connectivity index (χ3n) is 4.48. The number of halogens is 1. The van der Waals surface area contributed by atoms with Gasteiger partial charge in [-0.05, 0) is 78.6 Å². The highest BCUT2D eigenvalue weighted by Gasteiger charge is 2.21. The Morgan fingerprint density at radius 1 is 1.04 bits per heavy atom. The van der Waals surface area contributed by atoms with E-state index in [9.17, 15) is 9.59 Å². The van der Waals surface area contributed by atoms with Gasteiger partial charge in [-0.15, -0.1) is 0 Å². The SMILES string of the molecule is Cc1ccc(C(=O)Nc2ccccc2C(=O)N2CCCCC2)cc1I. The highest BCUT2D eigenvalue weighted by atomic mass is 127. The van der Waals surface area contributed by atoms with Crippen molar-refractivity contribution in [3.05, 3.63) is 62.7 Å². The number of hydrogen-bond acceptors (Lipinski definition) is 2. The number of rotatable bonds is 3. The number of nitrogens with one attached hydrogen (secondary N) is 1. The second-order valence-electron chi connectivity index (χ2n) is 6.32. The first-order valence-electron chi connectivity index (χ1n) is 8.52. The molecule has 2 aromatic carbocycles. The standard InChI is InChI=1S/C20H21IN2O2/c1-14-9-10-15(13-17(14)21)19(24)22-18-8-4-3-7-16(18)20(25)23-11-5-2-6-12-23/h3-4,7-10,13H,2,5-6,11-12H2,1H3,(H,22,24). The Balaban J connectivity index is 1.81. The van der Waals surface area contributed by atoms with Crippen molar-refractivity contribution >= 4 is 40.1 Å². The van der Waals surface area contributed by atoms with Crippen LogP contribution in [-0.4, -0.2) is 29.8 Å². The number of carbonyl (C=O) groups excluding carboxylic acids is 2. The van der Waals surface area contributed by atoms with E-state index in [1.807, 2.05) is 42.2 Å². The van der Waals surface area contributed by atoms with Crippen LogP contribution in [0.4, 0.5) is 5.69 Å². The van der Waals surface area contributed by atoms with Crippen LogP contribution in [0.3, 0.4) is 0 Å². The Morgan fingerprint density at radius 3 is 2.48 bits per heavy atom. The zero-order valence-electron chi connectivity index (χ0n) is 14.2. The molecule has 0 saturated carbocycles. The van der Waals surface area contributed by atoms with Crippen molar-refractivity contribution in [2.24, 2.45) is 0 Å². The molecule has 25 heavy (non-hydrogen) atoms. The van der Waals surface area contributed by atoms with Crippen molar-refractivity contribution in [3.63, 3.8) is 0 Å². The first-order chi connectivity index (χ1) is 12.1. The summed E-state index contributed by atoms with van der Waals surface area (Å²) in [5.74, 6) is -0.203. The Kier molecular flexibility index (Phi) is 5.73. The van der Waals surface area contributed by atoms with Crippen LogP contribution in [0.15, 0.2) is 42.5 Å². The van der Waals surface area contributed by atoms with Crippen LogP contribution < -0.4 is 5.32 Å². The van der Waals surface area contributed by atoms with Crippen molar-refractivity contribution in [1.29, 1.82) is 0 Å². The normalized spacial score (nSPS) is 14.2. The zero-order valence-corrected chi connectivity index (χ0v) is 16.4. The van der Waals surface area contributed by atoms with Crippen LogP contribution in [0.1, 0.15) is 45.5 Å². The van der Waals surface area contributed by atoms with Gasteiger partial charge in [0.15, 0.2) is 0 Å². The number of likely N-dealkylation sites (tertiary alicyclic amines) is 1. The molecule has 130 valence electrons. The lowest BCUT2D eigenvalue weighted by atomic mass is 10.1. The largest absolute Gasteiger partial charge is 0.339 e. The molecule has 0 spiro atoms. The summed E-state index contributed by atoms with van der Waals surface area (Å²) in [5.41, 5.74) is 2.85. The molecular formula is C20H21IN2O2. The summed E-state index contributed by atoms with van der Waals surface area (Å²) >= 11 is 2.22. The molecule has 0 bridgehead atoms. The molecule has 3 rings (SSSR count). The maximum absolute atomic E-state index is 12.8. The monoisotopic (exact) mass is 448 g/mol. The van der Waals surface area contributed by atoms with Crippen LogP contribution in [-0.2, 0) is 0 Å². The molecule has 0 radical (unpaired) electrons. The Labute approximate surface area is 161 Å². The number of benzene rings is 2. The van der Waals surface area contributed by atoms with Gasteiger partial charge in [-0.1, -0.05) is 18.2 Å². The van der Waals surface area contributed by atoms with E-state index in [1.165, 1.54) is 6.42 Å². The van der Waals surface area contributed by atoms with Gasteiger partial charge < -0.3 is 10.2 Å². The average molecular weight is 448 g/mol. The summed E-state index contributed by atoms with van der Waals surface area (Å²) in [5, 5.41) is 2.90.